The van der Waals surface area contributed by atoms with E-state index >= 15 is 0 Å². The van der Waals surface area contributed by atoms with Gasteiger partial charge in [-0.05, 0) is 6.42 Å². The van der Waals surface area contributed by atoms with Gasteiger partial charge in [0.05, 0.1) is 5.75 Å². The first-order chi connectivity index (χ1) is 3.56. The molecule has 0 aliphatic carbocycles. The molecule has 1 radical (unpaired) electrons. The third-order valence-corrected chi connectivity index (χ3v) is 1.56. The Labute approximate surface area is 103 Å². The van der Waals surface area contributed by atoms with Crippen LogP contribution in [0.2, 0.25) is 0 Å². The van der Waals surface area contributed by atoms with Crippen LogP contribution < -0.4 is 0 Å². The molecule has 0 unspecified atom stereocenters. The number of rotatable bonds is 3. The average molecular weight is 197 g/mol. The van der Waals surface area contributed by atoms with E-state index in [0.29, 0.717) is 6.42 Å². The second-order valence-electron chi connectivity index (χ2n) is 1.64. The van der Waals surface area contributed by atoms with E-state index in [1.165, 1.54) is 0 Å². The first-order valence-electron chi connectivity index (χ1n) is 2.51. The van der Waals surface area contributed by atoms with Crippen molar-refractivity contribution in [3.05, 3.63) is 0 Å². The number of halogens is 1. The smallest absolute Gasteiger partial charge is 0.264 e. The van der Waals surface area contributed by atoms with E-state index in [0.717, 1.165) is 6.42 Å². The van der Waals surface area contributed by atoms with Gasteiger partial charge in [0.25, 0.3) is 10.1 Å². The van der Waals surface area contributed by atoms with Crippen LogP contribution in [-0.2, 0) is 10.1 Å². The molecule has 0 aromatic heterocycles. The molecule has 1 N–H and O–H groups in total. The van der Waals surface area contributed by atoms with Crippen LogP contribution in [0.3, 0.4) is 0 Å². The molecule has 0 spiro atoms. The van der Waals surface area contributed by atoms with Gasteiger partial charge in [-0.2, -0.15) is 8.42 Å². The first kappa shape index (κ1) is 17.5. The summed E-state index contributed by atoms with van der Waals surface area (Å²) in [6, 6.07) is 0. The molecule has 3 nitrogen and oxygen atoms in total. The van der Waals surface area contributed by atoms with Crippen molar-refractivity contribution in [1.82, 2.24) is 0 Å². The molecule has 0 atom stereocenters. The summed E-state index contributed by atoms with van der Waals surface area (Å²) >= 11 is 0. The molecule has 0 saturated heterocycles. The van der Waals surface area contributed by atoms with E-state index in [1.54, 1.807) is 0 Å². The van der Waals surface area contributed by atoms with E-state index in [4.69, 9.17) is 4.55 Å². The van der Waals surface area contributed by atoms with Crippen molar-refractivity contribution in [3.8, 4) is 0 Å². The Morgan fingerprint density at radius 3 is 1.90 bits per heavy atom. The maximum absolute atomic E-state index is 9.95. The van der Waals surface area contributed by atoms with Gasteiger partial charge in [-0.15, -0.1) is 0 Å². The summed E-state index contributed by atoms with van der Waals surface area (Å²) in [5, 5.41) is 0. The molecular formula is C4H11FKO3S. The Hall–Kier alpha value is 1.48. The van der Waals surface area contributed by atoms with Gasteiger partial charge in [0.2, 0.25) is 0 Å². The van der Waals surface area contributed by atoms with Crippen molar-refractivity contribution < 1.29 is 17.7 Å². The first-order valence-corrected chi connectivity index (χ1v) is 4.12. The van der Waals surface area contributed by atoms with Crippen molar-refractivity contribution in [2.24, 2.45) is 0 Å². The standard InChI is InChI=1S/C4H10O3S.FH.K/c1-2-3-4-8(5,6)7;;/h2-4H2,1H3,(H,5,6,7);1H;. The van der Waals surface area contributed by atoms with Gasteiger partial charge in [0.1, 0.15) is 0 Å². The van der Waals surface area contributed by atoms with Crippen LogP contribution in [0, 0.1) is 0 Å². The SMILES string of the molecule is CCCCS(=O)(=O)O.F.[K]. The Kier molecular flexibility index (Phi) is 15.0. The molecule has 0 saturated carbocycles. The minimum Gasteiger partial charge on any atom is -0.286 e. The number of unbranched alkanes of at least 4 members (excludes halogenated alkanes) is 1. The molecular weight excluding hydrogens is 186 g/mol. The molecule has 10 heavy (non-hydrogen) atoms. The largest absolute Gasteiger partial charge is 0.286 e. The predicted octanol–water partition coefficient (Wildman–Crippen LogP) is 0.446. The minimum atomic E-state index is -3.69. The third kappa shape index (κ3) is 16.2. The van der Waals surface area contributed by atoms with Crippen molar-refractivity contribution >= 4 is 61.5 Å². The van der Waals surface area contributed by atoms with Gasteiger partial charge in [-0.1, -0.05) is 13.3 Å². The van der Waals surface area contributed by atoms with E-state index in [1.807, 2.05) is 6.92 Å². The zero-order valence-electron chi connectivity index (χ0n) is 6.20. The summed E-state index contributed by atoms with van der Waals surface area (Å²) in [5.41, 5.74) is 0. The van der Waals surface area contributed by atoms with Crippen LogP contribution in [0.1, 0.15) is 19.8 Å². The normalized spacial score (nSPS) is 9.40. The Morgan fingerprint density at radius 2 is 1.80 bits per heavy atom. The van der Waals surface area contributed by atoms with Gasteiger partial charge in [0, 0.05) is 51.4 Å². The van der Waals surface area contributed by atoms with Gasteiger partial charge >= 0.3 is 0 Å². The van der Waals surface area contributed by atoms with Crippen molar-refractivity contribution in [2.75, 3.05) is 5.75 Å². The molecule has 6 heteroatoms. The average Bonchev–Trinajstić information content (AvgIpc) is 1.59. The maximum Gasteiger partial charge on any atom is 0.264 e. The molecule has 0 aliphatic rings. The van der Waals surface area contributed by atoms with Crippen LogP contribution in [0.15, 0.2) is 0 Å². The van der Waals surface area contributed by atoms with Crippen LogP contribution in [-0.4, -0.2) is 70.1 Å². The van der Waals surface area contributed by atoms with Crippen LogP contribution in [0.4, 0.5) is 4.70 Å². The van der Waals surface area contributed by atoms with Crippen LogP contribution >= 0.6 is 0 Å². The summed E-state index contributed by atoms with van der Waals surface area (Å²) in [6.45, 7) is 1.87. The topological polar surface area (TPSA) is 54.4 Å². The molecule has 59 valence electrons. The fourth-order valence-corrected chi connectivity index (χ4v) is 0.980. The minimum absolute atomic E-state index is 0. The molecule has 0 aromatic carbocycles. The maximum atomic E-state index is 9.95. The summed E-state index contributed by atoms with van der Waals surface area (Å²) < 4.78 is 28.0. The second kappa shape index (κ2) is 8.57. The van der Waals surface area contributed by atoms with Gasteiger partial charge in [-0.3, -0.25) is 9.26 Å². The van der Waals surface area contributed by atoms with E-state index in [9.17, 15) is 8.42 Å². The summed E-state index contributed by atoms with van der Waals surface area (Å²) in [7, 11) is -3.69. The number of hydrogen-bond donors (Lipinski definition) is 1. The fourth-order valence-electron chi connectivity index (χ4n) is 0.327. The Balaban J connectivity index is -0.000000245. The molecule has 0 fully saturated rings. The van der Waals surface area contributed by atoms with E-state index in [-0.39, 0.29) is 61.8 Å². The second-order valence-corrected chi connectivity index (χ2v) is 3.21. The monoisotopic (exact) mass is 197 g/mol. The van der Waals surface area contributed by atoms with E-state index < -0.39 is 10.1 Å². The zero-order valence-corrected chi connectivity index (χ0v) is 10.1. The molecule has 0 aliphatic heterocycles. The van der Waals surface area contributed by atoms with Crippen molar-refractivity contribution in [3.63, 3.8) is 0 Å². The van der Waals surface area contributed by atoms with Crippen LogP contribution in [0.5, 0.6) is 0 Å². The molecule has 0 rings (SSSR count). The van der Waals surface area contributed by atoms with E-state index in [2.05, 4.69) is 0 Å². The Morgan fingerprint density at radius 1 is 1.40 bits per heavy atom. The summed E-state index contributed by atoms with van der Waals surface area (Å²) in [4.78, 5) is 0. The molecule has 0 amide bonds. The number of hydrogen-bond acceptors (Lipinski definition) is 2. The van der Waals surface area contributed by atoms with Gasteiger partial charge < -0.3 is 0 Å². The van der Waals surface area contributed by atoms with Gasteiger partial charge in [-0.25, -0.2) is 0 Å². The van der Waals surface area contributed by atoms with Crippen molar-refractivity contribution in [1.29, 1.82) is 0 Å². The summed E-state index contributed by atoms with van der Waals surface area (Å²) in [6.07, 6.45) is 1.33. The van der Waals surface area contributed by atoms with Gasteiger partial charge in [0.15, 0.2) is 0 Å². The predicted molar refractivity (Wildman–Crippen MR) is 39.6 cm³/mol. The molecule has 0 bridgehead atoms. The molecule has 0 aromatic rings. The third-order valence-electron chi connectivity index (χ3n) is 0.756. The zero-order chi connectivity index (χ0) is 6.62. The van der Waals surface area contributed by atoms with Crippen LogP contribution in [0.25, 0.3) is 0 Å². The quantitative estimate of drug-likeness (QED) is 0.528. The van der Waals surface area contributed by atoms with Crippen molar-refractivity contribution in [2.45, 2.75) is 19.8 Å². The summed E-state index contributed by atoms with van der Waals surface area (Å²) in [5.74, 6) is -0.108. The Bertz CT molecular complexity index is 145. The molecule has 0 heterocycles. The fraction of sp³-hybridized carbons (Fsp3) is 1.00.